The minimum atomic E-state index is -0.567. The fraction of sp³-hybridized carbons (Fsp3) is 0.150. The molecule has 2 aromatic rings. The van der Waals surface area contributed by atoms with Crippen LogP contribution in [0.15, 0.2) is 60.3 Å². The molecule has 0 spiro atoms. The number of anilines is 2. The summed E-state index contributed by atoms with van der Waals surface area (Å²) in [6.45, 7) is 2.01. The highest BCUT2D eigenvalue weighted by Crippen LogP contribution is 2.16. The number of esters is 1. The molecule has 0 radical (unpaired) electrons. The predicted octanol–water partition coefficient (Wildman–Crippen LogP) is 3.33. The molecule has 138 valence electrons. The summed E-state index contributed by atoms with van der Waals surface area (Å²) in [5.41, 5.74) is 1.45. The lowest BCUT2D eigenvalue weighted by atomic mass is 10.2. The molecule has 27 heavy (non-hydrogen) atoms. The van der Waals surface area contributed by atoms with Crippen molar-refractivity contribution in [2.75, 3.05) is 24.4 Å². The van der Waals surface area contributed by atoms with Crippen molar-refractivity contribution in [1.29, 1.82) is 5.26 Å². The molecule has 0 heterocycles. The van der Waals surface area contributed by atoms with Crippen molar-refractivity contribution in [2.24, 2.45) is 0 Å². The molecule has 0 aliphatic rings. The Morgan fingerprint density at radius 1 is 1.07 bits per heavy atom. The van der Waals surface area contributed by atoms with E-state index in [-0.39, 0.29) is 12.2 Å². The molecule has 7 nitrogen and oxygen atoms in total. The summed E-state index contributed by atoms with van der Waals surface area (Å²) >= 11 is 0. The molecule has 0 fully saturated rings. The molecule has 0 unspecified atom stereocenters. The standard InChI is InChI=1S/C20H19N3O4/c1-3-27-20(25)14-4-6-17(7-5-14)23-19(24)15(12-21)13-22-16-8-10-18(26-2)11-9-16/h4-11,13,22H,3H2,1-2H3,(H,23,24)/b15-13-. The summed E-state index contributed by atoms with van der Waals surface area (Å²) in [6.07, 6.45) is 1.32. The van der Waals surface area contributed by atoms with Gasteiger partial charge < -0.3 is 20.1 Å². The SMILES string of the molecule is CCOC(=O)c1ccc(NC(=O)/C(C#N)=C\Nc2ccc(OC)cc2)cc1. The largest absolute Gasteiger partial charge is 0.497 e. The van der Waals surface area contributed by atoms with Gasteiger partial charge in [-0.05, 0) is 55.5 Å². The van der Waals surface area contributed by atoms with Crippen LogP contribution in [0, 0.1) is 11.3 Å². The Kier molecular flexibility index (Phi) is 6.97. The fourth-order valence-electron chi connectivity index (χ4n) is 2.09. The molecule has 0 saturated carbocycles. The Morgan fingerprint density at radius 3 is 2.26 bits per heavy atom. The van der Waals surface area contributed by atoms with Crippen LogP contribution in [0.5, 0.6) is 5.75 Å². The number of nitriles is 1. The number of amides is 1. The van der Waals surface area contributed by atoms with E-state index < -0.39 is 11.9 Å². The van der Waals surface area contributed by atoms with Gasteiger partial charge in [-0.2, -0.15) is 5.26 Å². The van der Waals surface area contributed by atoms with Gasteiger partial charge in [0.25, 0.3) is 5.91 Å². The number of carbonyl (C=O) groups is 2. The number of carbonyl (C=O) groups excluding carboxylic acids is 2. The summed E-state index contributed by atoms with van der Waals surface area (Å²) in [5, 5.41) is 14.7. The van der Waals surface area contributed by atoms with Crippen LogP contribution in [-0.4, -0.2) is 25.6 Å². The van der Waals surface area contributed by atoms with E-state index in [2.05, 4.69) is 10.6 Å². The van der Waals surface area contributed by atoms with Gasteiger partial charge >= 0.3 is 5.97 Å². The van der Waals surface area contributed by atoms with Crippen molar-refractivity contribution in [3.05, 3.63) is 65.9 Å². The maximum Gasteiger partial charge on any atom is 0.338 e. The van der Waals surface area contributed by atoms with Gasteiger partial charge in [-0.15, -0.1) is 0 Å². The molecule has 0 aliphatic carbocycles. The van der Waals surface area contributed by atoms with Gasteiger partial charge in [0.05, 0.1) is 19.3 Å². The van der Waals surface area contributed by atoms with Crippen molar-refractivity contribution in [2.45, 2.75) is 6.92 Å². The zero-order chi connectivity index (χ0) is 19.6. The highest BCUT2D eigenvalue weighted by molar-refractivity contribution is 6.06. The van der Waals surface area contributed by atoms with Crippen LogP contribution in [0.4, 0.5) is 11.4 Å². The van der Waals surface area contributed by atoms with E-state index in [0.29, 0.717) is 22.7 Å². The molecule has 7 heteroatoms. The van der Waals surface area contributed by atoms with Crippen LogP contribution in [-0.2, 0) is 9.53 Å². The lowest BCUT2D eigenvalue weighted by molar-refractivity contribution is -0.112. The summed E-state index contributed by atoms with van der Waals surface area (Å²) in [6, 6.07) is 15.1. The smallest absolute Gasteiger partial charge is 0.338 e. The van der Waals surface area contributed by atoms with Crippen LogP contribution >= 0.6 is 0 Å². The van der Waals surface area contributed by atoms with Crippen molar-refractivity contribution >= 4 is 23.3 Å². The zero-order valence-corrected chi connectivity index (χ0v) is 15.0. The molecule has 1 amide bonds. The second kappa shape index (κ2) is 9.63. The van der Waals surface area contributed by atoms with E-state index in [4.69, 9.17) is 9.47 Å². The zero-order valence-electron chi connectivity index (χ0n) is 15.0. The van der Waals surface area contributed by atoms with E-state index in [1.165, 1.54) is 6.20 Å². The molecule has 2 N–H and O–H groups in total. The molecular formula is C20H19N3O4. The normalized spacial score (nSPS) is 10.5. The monoisotopic (exact) mass is 365 g/mol. The third-order valence-corrected chi connectivity index (χ3v) is 3.49. The molecule has 0 bridgehead atoms. The van der Waals surface area contributed by atoms with Gasteiger partial charge in [0.1, 0.15) is 17.4 Å². The molecule has 0 aromatic heterocycles. The van der Waals surface area contributed by atoms with Crippen molar-refractivity contribution in [1.82, 2.24) is 0 Å². The highest BCUT2D eigenvalue weighted by Gasteiger charge is 2.11. The Morgan fingerprint density at radius 2 is 1.70 bits per heavy atom. The lowest BCUT2D eigenvalue weighted by Gasteiger charge is -2.07. The summed E-state index contributed by atoms with van der Waals surface area (Å²) in [5.74, 6) is -0.298. The summed E-state index contributed by atoms with van der Waals surface area (Å²) in [4.78, 5) is 23.8. The third-order valence-electron chi connectivity index (χ3n) is 3.49. The maximum absolute atomic E-state index is 12.2. The predicted molar refractivity (Wildman–Crippen MR) is 101 cm³/mol. The van der Waals surface area contributed by atoms with E-state index in [1.807, 2.05) is 6.07 Å². The Labute approximate surface area is 157 Å². The minimum Gasteiger partial charge on any atom is -0.497 e. The van der Waals surface area contributed by atoms with Crippen LogP contribution in [0.1, 0.15) is 17.3 Å². The first-order valence-corrected chi connectivity index (χ1v) is 8.16. The fourth-order valence-corrected chi connectivity index (χ4v) is 2.09. The molecule has 0 atom stereocenters. The number of benzene rings is 2. The third kappa shape index (κ3) is 5.61. The number of nitrogens with zero attached hydrogens (tertiary/aromatic N) is 1. The number of rotatable bonds is 7. The van der Waals surface area contributed by atoms with E-state index in [9.17, 15) is 14.9 Å². The van der Waals surface area contributed by atoms with Crippen LogP contribution in [0.3, 0.4) is 0 Å². The van der Waals surface area contributed by atoms with Gasteiger partial charge in [-0.3, -0.25) is 4.79 Å². The van der Waals surface area contributed by atoms with Gasteiger partial charge in [-0.25, -0.2) is 4.79 Å². The van der Waals surface area contributed by atoms with E-state index in [1.54, 1.807) is 62.6 Å². The first kappa shape index (κ1) is 19.5. The Bertz CT molecular complexity index is 866. The molecule has 2 aromatic carbocycles. The molecule has 2 rings (SSSR count). The van der Waals surface area contributed by atoms with E-state index in [0.717, 1.165) is 0 Å². The number of hydrogen-bond donors (Lipinski definition) is 2. The number of ether oxygens (including phenoxy) is 2. The Balaban J connectivity index is 2.01. The number of nitrogens with one attached hydrogen (secondary N) is 2. The van der Waals surface area contributed by atoms with Crippen LogP contribution in [0.25, 0.3) is 0 Å². The van der Waals surface area contributed by atoms with Crippen molar-refractivity contribution < 1.29 is 19.1 Å². The van der Waals surface area contributed by atoms with E-state index >= 15 is 0 Å². The minimum absolute atomic E-state index is 0.0970. The summed E-state index contributed by atoms with van der Waals surface area (Å²) < 4.78 is 9.97. The van der Waals surface area contributed by atoms with Gasteiger partial charge in [0, 0.05) is 17.6 Å². The Hall–Kier alpha value is -3.79. The topological polar surface area (TPSA) is 100 Å². The van der Waals surface area contributed by atoms with Crippen LogP contribution < -0.4 is 15.4 Å². The highest BCUT2D eigenvalue weighted by atomic mass is 16.5. The molecule has 0 saturated heterocycles. The second-order valence-electron chi connectivity index (χ2n) is 5.29. The second-order valence-corrected chi connectivity index (χ2v) is 5.29. The lowest BCUT2D eigenvalue weighted by Crippen LogP contribution is -2.14. The maximum atomic E-state index is 12.2. The van der Waals surface area contributed by atoms with Gasteiger partial charge in [0.15, 0.2) is 0 Å². The number of methoxy groups -OCH3 is 1. The number of hydrogen-bond acceptors (Lipinski definition) is 6. The average molecular weight is 365 g/mol. The first-order valence-electron chi connectivity index (χ1n) is 8.16. The van der Waals surface area contributed by atoms with Crippen LogP contribution in [0.2, 0.25) is 0 Å². The van der Waals surface area contributed by atoms with Crippen molar-refractivity contribution in [3.63, 3.8) is 0 Å². The molecular weight excluding hydrogens is 346 g/mol. The van der Waals surface area contributed by atoms with Gasteiger partial charge in [0.2, 0.25) is 0 Å². The average Bonchev–Trinajstić information content (AvgIpc) is 2.69. The first-order chi connectivity index (χ1) is 13.1. The quantitative estimate of drug-likeness (QED) is 0.443. The van der Waals surface area contributed by atoms with Crippen molar-refractivity contribution in [3.8, 4) is 11.8 Å². The summed E-state index contributed by atoms with van der Waals surface area (Å²) in [7, 11) is 1.57. The van der Waals surface area contributed by atoms with Gasteiger partial charge in [-0.1, -0.05) is 0 Å². The molecule has 0 aliphatic heterocycles.